The summed E-state index contributed by atoms with van der Waals surface area (Å²) in [6, 6.07) is 22.1. The van der Waals surface area contributed by atoms with Crippen molar-refractivity contribution in [1.29, 1.82) is 0 Å². The Hall–Kier alpha value is -2.34. The highest BCUT2D eigenvalue weighted by atomic mass is 14.2. The predicted octanol–water partition coefficient (Wildman–Crippen LogP) is 10.8. The Morgan fingerprint density at radius 3 is 1.18 bits per heavy atom. The largest absolute Gasteiger partial charge is 0.0625 e. The van der Waals surface area contributed by atoms with E-state index in [0.717, 1.165) is 38.5 Å². The quantitative estimate of drug-likeness (QED) is 0.221. The van der Waals surface area contributed by atoms with Gasteiger partial charge in [0.25, 0.3) is 0 Å². The van der Waals surface area contributed by atoms with Crippen molar-refractivity contribution in [3.63, 3.8) is 0 Å². The standard InChI is InChI=1S/C39H56/c1-27(2)13-32-16-30(7)17-35(20-32)24-37-22-34(15-29(5)6)23-38(26-37)25-36-19-31(11-12-39(8,9)10)18-33(21-36)14-28(3)4/h16-23,26-29H,11-15,24-25H2,1-10H3. The summed E-state index contributed by atoms with van der Waals surface area (Å²) in [6.07, 6.45) is 7.85. The fraction of sp³-hybridized carbons (Fsp3) is 0.538. The first-order chi connectivity index (χ1) is 18.2. The zero-order chi connectivity index (χ0) is 28.7. The Labute approximate surface area is 241 Å². The molecule has 0 aliphatic heterocycles. The van der Waals surface area contributed by atoms with E-state index in [1.165, 1.54) is 56.5 Å². The Morgan fingerprint density at radius 1 is 0.462 bits per heavy atom. The van der Waals surface area contributed by atoms with Crippen LogP contribution in [-0.2, 0) is 38.5 Å². The van der Waals surface area contributed by atoms with Gasteiger partial charge in [-0.15, -0.1) is 0 Å². The second-order valence-corrected chi connectivity index (χ2v) is 14.9. The third kappa shape index (κ3) is 11.4. The second-order valence-electron chi connectivity index (χ2n) is 14.9. The number of benzene rings is 3. The number of hydrogen-bond acceptors (Lipinski definition) is 0. The van der Waals surface area contributed by atoms with E-state index in [-0.39, 0.29) is 0 Å². The van der Waals surface area contributed by atoms with Crippen LogP contribution in [0, 0.1) is 30.1 Å². The van der Waals surface area contributed by atoms with Gasteiger partial charge >= 0.3 is 0 Å². The molecule has 0 spiro atoms. The van der Waals surface area contributed by atoms with Gasteiger partial charge in [0.15, 0.2) is 0 Å². The van der Waals surface area contributed by atoms with Crippen molar-refractivity contribution in [3.05, 3.63) is 105 Å². The molecule has 0 nitrogen and oxygen atoms in total. The summed E-state index contributed by atoms with van der Waals surface area (Å²) in [7, 11) is 0. The smallest absolute Gasteiger partial charge is 0.00254 e. The molecule has 0 unspecified atom stereocenters. The van der Waals surface area contributed by atoms with Gasteiger partial charge in [-0.1, -0.05) is 122 Å². The van der Waals surface area contributed by atoms with E-state index in [2.05, 4.69) is 124 Å². The van der Waals surface area contributed by atoms with Gasteiger partial charge in [0.1, 0.15) is 0 Å². The summed E-state index contributed by atoms with van der Waals surface area (Å²) in [4.78, 5) is 0. The molecule has 0 heteroatoms. The van der Waals surface area contributed by atoms with E-state index in [4.69, 9.17) is 0 Å². The van der Waals surface area contributed by atoms with Crippen LogP contribution >= 0.6 is 0 Å². The molecular formula is C39H56. The topological polar surface area (TPSA) is 0 Å². The normalized spacial score (nSPS) is 12.2. The van der Waals surface area contributed by atoms with E-state index < -0.39 is 0 Å². The van der Waals surface area contributed by atoms with Crippen molar-refractivity contribution >= 4 is 0 Å². The van der Waals surface area contributed by atoms with Crippen LogP contribution in [-0.4, -0.2) is 0 Å². The van der Waals surface area contributed by atoms with Gasteiger partial charge in [0.2, 0.25) is 0 Å². The Kier molecular flexibility index (Phi) is 11.1. The van der Waals surface area contributed by atoms with Gasteiger partial charge in [-0.2, -0.15) is 0 Å². The summed E-state index contributed by atoms with van der Waals surface area (Å²) in [6.45, 7) is 23.3. The molecule has 0 aliphatic carbocycles. The highest BCUT2D eigenvalue weighted by Gasteiger charge is 2.13. The maximum atomic E-state index is 2.49. The molecule has 0 saturated carbocycles. The Bertz CT molecular complexity index is 1200. The molecule has 39 heavy (non-hydrogen) atoms. The first kappa shape index (κ1) is 31.2. The monoisotopic (exact) mass is 524 g/mol. The van der Waals surface area contributed by atoms with Crippen molar-refractivity contribution < 1.29 is 0 Å². The molecule has 0 bridgehead atoms. The van der Waals surface area contributed by atoms with E-state index in [1.54, 1.807) is 0 Å². The van der Waals surface area contributed by atoms with Gasteiger partial charge in [0, 0.05) is 0 Å². The number of hydrogen-bond donors (Lipinski definition) is 0. The van der Waals surface area contributed by atoms with Crippen molar-refractivity contribution in [2.75, 3.05) is 0 Å². The Morgan fingerprint density at radius 2 is 0.769 bits per heavy atom. The fourth-order valence-corrected chi connectivity index (χ4v) is 5.94. The summed E-state index contributed by atoms with van der Waals surface area (Å²) in [5.74, 6) is 2.01. The molecule has 3 rings (SSSR count). The highest BCUT2D eigenvalue weighted by Crippen LogP contribution is 2.26. The van der Waals surface area contributed by atoms with E-state index in [9.17, 15) is 0 Å². The summed E-state index contributed by atoms with van der Waals surface area (Å²) in [5.41, 5.74) is 13.5. The first-order valence-corrected chi connectivity index (χ1v) is 15.6. The van der Waals surface area contributed by atoms with Crippen molar-refractivity contribution in [2.24, 2.45) is 23.2 Å². The van der Waals surface area contributed by atoms with Crippen LogP contribution in [0.25, 0.3) is 0 Å². The fourth-order valence-electron chi connectivity index (χ4n) is 5.94. The zero-order valence-corrected chi connectivity index (χ0v) is 26.9. The average molecular weight is 525 g/mol. The minimum atomic E-state index is 0.360. The number of aryl methyl sites for hydroxylation is 2. The molecule has 0 aromatic heterocycles. The minimum absolute atomic E-state index is 0.360. The molecule has 0 heterocycles. The maximum Gasteiger partial charge on any atom is -0.00254 e. The maximum absolute atomic E-state index is 2.49. The van der Waals surface area contributed by atoms with Crippen LogP contribution in [0.15, 0.2) is 54.6 Å². The van der Waals surface area contributed by atoms with Gasteiger partial charge in [-0.3, -0.25) is 0 Å². The molecule has 0 saturated heterocycles. The van der Waals surface area contributed by atoms with Crippen LogP contribution < -0.4 is 0 Å². The molecule has 3 aromatic rings. The zero-order valence-electron chi connectivity index (χ0n) is 26.9. The van der Waals surface area contributed by atoms with Crippen molar-refractivity contribution in [2.45, 2.75) is 114 Å². The van der Waals surface area contributed by atoms with Crippen molar-refractivity contribution in [3.8, 4) is 0 Å². The molecule has 0 N–H and O–H groups in total. The van der Waals surface area contributed by atoms with Gasteiger partial charge < -0.3 is 0 Å². The molecular weight excluding hydrogens is 468 g/mol. The lowest BCUT2D eigenvalue weighted by Crippen LogP contribution is -2.07. The summed E-state index contributed by atoms with van der Waals surface area (Å²) < 4.78 is 0. The SMILES string of the molecule is Cc1cc(Cc2cc(Cc3cc(CCC(C)(C)C)cc(CC(C)C)c3)cc(CC(C)C)c2)cc(CC(C)C)c1. The molecule has 0 atom stereocenters. The minimum Gasteiger partial charge on any atom is -0.0625 e. The molecule has 212 valence electrons. The lowest BCUT2D eigenvalue weighted by molar-refractivity contribution is 0.378. The van der Waals surface area contributed by atoms with Crippen LogP contribution in [0.3, 0.4) is 0 Å². The summed E-state index contributed by atoms with van der Waals surface area (Å²) >= 11 is 0. The molecule has 3 aromatic carbocycles. The first-order valence-electron chi connectivity index (χ1n) is 15.6. The lowest BCUT2D eigenvalue weighted by atomic mass is 9.86. The number of rotatable bonds is 12. The molecule has 0 aliphatic rings. The highest BCUT2D eigenvalue weighted by molar-refractivity contribution is 5.40. The Balaban J connectivity index is 1.94. The van der Waals surface area contributed by atoms with Crippen LogP contribution in [0.5, 0.6) is 0 Å². The molecule has 0 amide bonds. The van der Waals surface area contributed by atoms with E-state index in [1.807, 2.05) is 0 Å². The molecule has 0 radical (unpaired) electrons. The third-order valence-electron chi connectivity index (χ3n) is 7.33. The van der Waals surface area contributed by atoms with Gasteiger partial charge in [0.05, 0.1) is 0 Å². The van der Waals surface area contributed by atoms with Crippen LogP contribution in [0.1, 0.15) is 119 Å². The predicted molar refractivity (Wildman–Crippen MR) is 173 cm³/mol. The average Bonchev–Trinajstić information content (AvgIpc) is 2.75. The third-order valence-corrected chi connectivity index (χ3v) is 7.33. The lowest BCUT2D eigenvalue weighted by Gasteiger charge is -2.19. The second kappa shape index (κ2) is 13.8. The summed E-state index contributed by atoms with van der Waals surface area (Å²) in [5, 5.41) is 0. The molecule has 0 fully saturated rings. The van der Waals surface area contributed by atoms with Crippen LogP contribution in [0.2, 0.25) is 0 Å². The van der Waals surface area contributed by atoms with Crippen LogP contribution in [0.4, 0.5) is 0 Å². The van der Waals surface area contributed by atoms with E-state index >= 15 is 0 Å². The van der Waals surface area contributed by atoms with E-state index in [0.29, 0.717) is 23.2 Å². The van der Waals surface area contributed by atoms with Gasteiger partial charge in [-0.05, 0) is 120 Å². The van der Waals surface area contributed by atoms with Gasteiger partial charge in [-0.25, -0.2) is 0 Å². The van der Waals surface area contributed by atoms with Crippen molar-refractivity contribution in [1.82, 2.24) is 0 Å².